The van der Waals surface area contributed by atoms with Gasteiger partial charge in [0.2, 0.25) is 5.78 Å². The average Bonchev–Trinajstić information content (AvgIpc) is 3.02. The Morgan fingerprint density at radius 1 is 1.18 bits per heavy atom. The zero-order valence-corrected chi connectivity index (χ0v) is 14.2. The van der Waals surface area contributed by atoms with E-state index in [-0.39, 0.29) is 5.78 Å². The highest BCUT2D eigenvalue weighted by atomic mass is 79.9. The van der Waals surface area contributed by atoms with Gasteiger partial charge in [-0.15, -0.1) is 0 Å². The van der Waals surface area contributed by atoms with Crippen molar-refractivity contribution in [1.82, 2.24) is 4.98 Å². The van der Waals surface area contributed by atoms with Crippen molar-refractivity contribution < 1.29 is 4.79 Å². The summed E-state index contributed by atoms with van der Waals surface area (Å²) in [6, 6.07) is 12.1. The maximum absolute atomic E-state index is 12.6. The van der Waals surface area contributed by atoms with E-state index in [2.05, 4.69) is 27.0 Å². The molecule has 1 aromatic heterocycles. The van der Waals surface area contributed by atoms with E-state index < -0.39 is 0 Å². The first-order chi connectivity index (χ1) is 10.6. The first-order valence-corrected chi connectivity index (χ1v) is 8.54. The van der Waals surface area contributed by atoms with Gasteiger partial charge in [0.05, 0.1) is 4.91 Å². The van der Waals surface area contributed by atoms with Crippen LogP contribution in [0.3, 0.4) is 0 Å². The third kappa shape index (κ3) is 2.23. The minimum absolute atomic E-state index is 0.119. The quantitative estimate of drug-likeness (QED) is 0.568. The fourth-order valence-electron chi connectivity index (χ4n) is 2.68. The number of H-pyrrole nitrogens is 1. The summed E-state index contributed by atoms with van der Waals surface area (Å²) in [5.41, 5.74) is 4.04. The van der Waals surface area contributed by atoms with Crippen LogP contribution < -0.4 is 0 Å². The molecule has 1 aliphatic heterocycles. The molecule has 0 saturated heterocycles. The fourth-order valence-corrected chi connectivity index (χ4v) is 4.06. The molecule has 4 heteroatoms. The molecule has 1 N–H and O–H groups in total. The molecule has 22 heavy (non-hydrogen) atoms. The fraction of sp³-hybridized carbons (Fsp3) is 0.0556. The highest BCUT2D eigenvalue weighted by molar-refractivity contribution is 9.10. The summed E-state index contributed by atoms with van der Waals surface area (Å²) in [5.74, 6) is 0.119. The van der Waals surface area contributed by atoms with Gasteiger partial charge >= 0.3 is 0 Å². The average molecular weight is 370 g/mol. The lowest BCUT2D eigenvalue weighted by molar-refractivity contribution is 0.104. The Labute approximate surface area is 140 Å². The molecule has 2 nitrogen and oxygen atoms in total. The number of fused-ring (bicyclic) bond motifs is 2. The van der Waals surface area contributed by atoms with Gasteiger partial charge in [0.25, 0.3) is 0 Å². The second-order valence-corrected chi connectivity index (χ2v) is 7.37. The maximum Gasteiger partial charge on any atom is 0.200 e. The summed E-state index contributed by atoms with van der Waals surface area (Å²) in [6.45, 7) is 2.01. The number of rotatable bonds is 1. The van der Waals surface area contributed by atoms with E-state index in [0.717, 1.165) is 41.9 Å². The van der Waals surface area contributed by atoms with Gasteiger partial charge in [0, 0.05) is 37.6 Å². The predicted octanol–water partition coefficient (Wildman–Crippen LogP) is 5.57. The van der Waals surface area contributed by atoms with E-state index in [1.165, 1.54) is 0 Å². The van der Waals surface area contributed by atoms with E-state index in [9.17, 15) is 4.79 Å². The second kappa shape index (κ2) is 5.14. The van der Waals surface area contributed by atoms with Crippen molar-refractivity contribution in [3.63, 3.8) is 0 Å². The maximum atomic E-state index is 12.6. The molecular formula is C18H12BrNOS. The molecular weight excluding hydrogens is 358 g/mol. The van der Waals surface area contributed by atoms with Crippen LogP contribution >= 0.6 is 27.7 Å². The molecule has 0 bridgehead atoms. The topological polar surface area (TPSA) is 32.9 Å². The molecule has 3 aromatic rings. The molecule has 2 heterocycles. The third-order valence-electron chi connectivity index (χ3n) is 3.79. The van der Waals surface area contributed by atoms with Crippen LogP contribution in [0.25, 0.3) is 17.0 Å². The summed E-state index contributed by atoms with van der Waals surface area (Å²) < 4.78 is 1.03. The number of nitrogens with one attached hydrogen (secondary N) is 1. The Balaban J connectivity index is 1.80. The van der Waals surface area contributed by atoms with Gasteiger partial charge in [-0.1, -0.05) is 39.3 Å². The number of thioether (sulfide) groups is 1. The Morgan fingerprint density at radius 2 is 2.05 bits per heavy atom. The van der Waals surface area contributed by atoms with Crippen LogP contribution in [-0.4, -0.2) is 10.8 Å². The Morgan fingerprint density at radius 3 is 2.91 bits per heavy atom. The van der Waals surface area contributed by atoms with Gasteiger partial charge in [-0.25, -0.2) is 0 Å². The number of aromatic amines is 1. The predicted molar refractivity (Wildman–Crippen MR) is 95.3 cm³/mol. The number of hydrogen-bond acceptors (Lipinski definition) is 2. The van der Waals surface area contributed by atoms with Gasteiger partial charge in [-0.05, 0) is 43.3 Å². The number of ketones is 1. The smallest absolute Gasteiger partial charge is 0.200 e. The lowest BCUT2D eigenvalue weighted by Crippen LogP contribution is -1.94. The molecule has 1 aliphatic rings. The minimum Gasteiger partial charge on any atom is -0.361 e. The number of aryl methyl sites for hydroxylation is 1. The minimum atomic E-state index is 0.119. The van der Waals surface area contributed by atoms with Gasteiger partial charge in [0.1, 0.15) is 0 Å². The summed E-state index contributed by atoms with van der Waals surface area (Å²) in [5, 5.41) is 1.11. The van der Waals surface area contributed by atoms with Crippen LogP contribution in [0.2, 0.25) is 0 Å². The van der Waals surface area contributed by atoms with E-state index in [0.29, 0.717) is 0 Å². The van der Waals surface area contributed by atoms with Crippen molar-refractivity contribution in [2.75, 3.05) is 0 Å². The summed E-state index contributed by atoms with van der Waals surface area (Å²) in [6.07, 6.45) is 3.93. The van der Waals surface area contributed by atoms with Crippen molar-refractivity contribution in [3.8, 4) is 0 Å². The normalized spacial score (nSPS) is 15.7. The zero-order valence-electron chi connectivity index (χ0n) is 11.8. The molecule has 4 rings (SSSR count). The molecule has 2 aromatic carbocycles. The summed E-state index contributed by atoms with van der Waals surface area (Å²) >= 11 is 5.05. The van der Waals surface area contributed by atoms with Crippen LogP contribution in [0.1, 0.15) is 21.5 Å². The highest BCUT2D eigenvalue weighted by Gasteiger charge is 2.26. The lowest BCUT2D eigenvalue weighted by Gasteiger charge is -1.96. The van der Waals surface area contributed by atoms with Crippen molar-refractivity contribution in [1.29, 1.82) is 0 Å². The van der Waals surface area contributed by atoms with Crippen LogP contribution in [0, 0.1) is 6.92 Å². The Hall–Kier alpha value is -1.78. The monoisotopic (exact) mass is 369 g/mol. The molecule has 0 saturated carbocycles. The molecule has 0 fully saturated rings. The number of Topliss-reactive ketones (excluding diaryl/α,β-unsaturated/α-hetero) is 1. The highest BCUT2D eigenvalue weighted by Crippen LogP contribution is 2.41. The molecule has 0 radical (unpaired) electrons. The number of carbonyl (C=O) groups excluding carboxylic acids is 1. The van der Waals surface area contributed by atoms with Crippen LogP contribution in [-0.2, 0) is 0 Å². The van der Waals surface area contributed by atoms with Crippen molar-refractivity contribution in [3.05, 3.63) is 68.7 Å². The van der Waals surface area contributed by atoms with E-state index in [4.69, 9.17) is 0 Å². The largest absolute Gasteiger partial charge is 0.361 e. The van der Waals surface area contributed by atoms with Crippen LogP contribution in [0.5, 0.6) is 0 Å². The Kier molecular flexibility index (Phi) is 3.24. The van der Waals surface area contributed by atoms with Crippen molar-refractivity contribution >= 4 is 50.5 Å². The van der Waals surface area contributed by atoms with E-state index in [1.807, 2.05) is 49.5 Å². The van der Waals surface area contributed by atoms with Crippen molar-refractivity contribution in [2.24, 2.45) is 0 Å². The van der Waals surface area contributed by atoms with Crippen LogP contribution in [0.15, 0.2) is 56.9 Å². The third-order valence-corrected chi connectivity index (χ3v) is 5.38. The molecule has 0 amide bonds. The summed E-state index contributed by atoms with van der Waals surface area (Å²) in [7, 11) is 0. The summed E-state index contributed by atoms with van der Waals surface area (Å²) in [4.78, 5) is 17.6. The molecule has 0 atom stereocenters. The molecule has 0 spiro atoms. The second-order valence-electron chi connectivity index (χ2n) is 5.37. The molecule has 0 aliphatic carbocycles. The van der Waals surface area contributed by atoms with Crippen LogP contribution in [0.4, 0.5) is 0 Å². The van der Waals surface area contributed by atoms with Gasteiger partial charge in [0.15, 0.2) is 0 Å². The number of carbonyl (C=O) groups is 1. The first-order valence-electron chi connectivity index (χ1n) is 6.93. The lowest BCUT2D eigenvalue weighted by atomic mass is 10.1. The standard InChI is InChI=1S/C18H12BrNOS/c1-10-2-5-16-14(6-10)18(21)17(22-16)7-11-9-20-15-4-3-12(19)8-13(11)15/h2-9,20H,1H3. The van der Waals surface area contributed by atoms with Gasteiger partial charge < -0.3 is 4.98 Å². The number of aromatic nitrogens is 1. The number of benzene rings is 2. The SMILES string of the molecule is Cc1ccc2c(c1)C(=O)C(=Cc1c[nH]c3ccc(Br)cc13)S2. The first kappa shape index (κ1) is 13.9. The van der Waals surface area contributed by atoms with Gasteiger partial charge in [-0.2, -0.15) is 0 Å². The number of hydrogen-bond donors (Lipinski definition) is 1. The molecule has 0 unspecified atom stereocenters. The van der Waals surface area contributed by atoms with Gasteiger partial charge in [-0.3, -0.25) is 4.79 Å². The van der Waals surface area contributed by atoms with E-state index in [1.54, 1.807) is 11.8 Å². The van der Waals surface area contributed by atoms with Crippen molar-refractivity contribution in [2.45, 2.75) is 11.8 Å². The zero-order chi connectivity index (χ0) is 15.3. The Bertz CT molecular complexity index is 955. The number of halogens is 1. The van der Waals surface area contributed by atoms with E-state index >= 15 is 0 Å². The molecule has 108 valence electrons. The number of allylic oxidation sites excluding steroid dienone is 1.